The second-order valence-corrected chi connectivity index (χ2v) is 5.95. The van der Waals surface area contributed by atoms with Gasteiger partial charge in [0, 0.05) is 44.3 Å². The number of halogens is 1. The number of nitrogens with one attached hydrogen (secondary N) is 2. The topological polar surface area (TPSA) is 93.2 Å². The summed E-state index contributed by atoms with van der Waals surface area (Å²) in [6.45, 7) is 7.02. The lowest BCUT2D eigenvalue weighted by Crippen LogP contribution is -2.36. The van der Waals surface area contributed by atoms with E-state index in [4.69, 9.17) is 4.52 Å². The van der Waals surface area contributed by atoms with Gasteiger partial charge in [-0.25, -0.2) is 9.97 Å². The number of aryl methyl sites for hydroxylation is 3. The quantitative estimate of drug-likeness (QED) is 0.331. The maximum atomic E-state index is 5.18. The summed E-state index contributed by atoms with van der Waals surface area (Å²) in [5, 5.41) is 10.5. The molecule has 9 heteroatoms. The molecule has 0 saturated carbocycles. The third-order valence-corrected chi connectivity index (χ3v) is 4.18. The molecule has 0 aliphatic rings. The summed E-state index contributed by atoms with van der Waals surface area (Å²) in [6.07, 6.45) is 5.51. The zero-order valence-corrected chi connectivity index (χ0v) is 18.2. The van der Waals surface area contributed by atoms with Crippen LogP contribution in [-0.4, -0.2) is 32.7 Å². The molecule has 144 valence electrons. The minimum Gasteiger partial charge on any atom is -0.361 e. The van der Waals surface area contributed by atoms with Gasteiger partial charge in [0.1, 0.15) is 17.4 Å². The summed E-state index contributed by atoms with van der Waals surface area (Å²) in [7, 11) is 1.74. The summed E-state index contributed by atoms with van der Waals surface area (Å²) in [4.78, 5) is 13.0. The molecule has 0 spiro atoms. The van der Waals surface area contributed by atoms with Crippen LogP contribution >= 0.6 is 24.0 Å². The van der Waals surface area contributed by atoms with Gasteiger partial charge in [-0.1, -0.05) is 11.2 Å². The Morgan fingerprint density at radius 2 is 1.93 bits per heavy atom. The lowest BCUT2D eigenvalue weighted by atomic mass is 10.2. The Bertz CT molecular complexity index is 879. The highest BCUT2D eigenvalue weighted by Gasteiger charge is 2.09. The van der Waals surface area contributed by atoms with Gasteiger partial charge in [-0.2, -0.15) is 0 Å². The van der Waals surface area contributed by atoms with Crippen LogP contribution in [0.5, 0.6) is 0 Å². The summed E-state index contributed by atoms with van der Waals surface area (Å²) in [6, 6.07) is 4.02. The van der Waals surface area contributed by atoms with Crippen LogP contribution in [0.4, 0.5) is 0 Å². The average molecular weight is 481 g/mol. The van der Waals surface area contributed by atoms with Crippen LogP contribution in [0.25, 0.3) is 5.82 Å². The molecule has 3 heterocycles. The van der Waals surface area contributed by atoms with Crippen molar-refractivity contribution in [3.05, 3.63) is 59.1 Å². The molecule has 0 radical (unpaired) electrons. The Hall–Kier alpha value is -2.43. The summed E-state index contributed by atoms with van der Waals surface area (Å²) in [5.74, 6) is 3.29. The van der Waals surface area contributed by atoms with E-state index in [0.717, 1.165) is 34.2 Å². The highest BCUT2D eigenvalue weighted by Crippen LogP contribution is 2.11. The van der Waals surface area contributed by atoms with E-state index in [9.17, 15) is 0 Å². The zero-order valence-electron chi connectivity index (χ0n) is 15.9. The number of guanidine groups is 1. The van der Waals surface area contributed by atoms with Crippen molar-refractivity contribution in [2.24, 2.45) is 4.99 Å². The number of aromatic nitrogens is 4. The molecule has 0 amide bonds. The van der Waals surface area contributed by atoms with E-state index in [1.54, 1.807) is 13.2 Å². The molecule has 0 aromatic carbocycles. The van der Waals surface area contributed by atoms with Crippen LogP contribution in [0.1, 0.15) is 28.4 Å². The number of hydrogen-bond acceptors (Lipinski definition) is 5. The molecule has 0 bridgehead atoms. The molecular weight excluding hydrogens is 457 g/mol. The molecule has 3 aromatic rings. The highest BCUT2D eigenvalue weighted by atomic mass is 127. The number of pyridine rings is 1. The van der Waals surface area contributed by atoms with Crippen molar-refractivity contribution in [1.29, 1.82) is 0 Å². The van der Waals surface area contributed by atoms with Gasteiger partial charge in [-0.15, -0.1) is 24.0 Å². The van der Waals surface area contributed by atoms with Gasteiger partial charge in [0.15, 0.2) is 5.96 Å². The van der Waals surface area contributed by atoms with Crippen LogP contribution in [-0.2, 0) is 13.1 Å². The van der Waals surface area contributed by atoms with Crippen LogP contribution in [0.3, 0.4) is 0 Å². The van der Waals surface area contributed by atoms with Gasteiger partial charge in [-0.3, -0.25) is 9.56 Å². The molecule has 8 nitrogen and oxygen atoms in total. The first-order valence-corrected chi connectivity index (χ1v) is 8.40. The predicted molar refractivity (Wildman–Crippen MR) is 115 cm³/mol. The van der Waals surface area contributed by atoms with Crippen molar-refractivity contribution in [3.63, 3.8) is 0 Å². The van der Waals surface area contributed by atoms with Crippen LogP contribution < -0.4 is 10.6 Å². The fourth-order valence-electron chi connectivity index (χ4n) is 2.62. The largest absolute Gasteiger partial charge is 0.361 e. The first kappa shape index (κ1) is 20.9. The van der Waals surface area contributed by atoms with E-state index in [1.807, 2.05) is 49.9 Å². The van der Waals surface area contributed by atoms with Crippen molar-refractivity contribution in [2.45, 2.75) is 33.9 Å². The maximum absolute atomic E-state index is 5.18. The third kappa shape index (κ3) is 5.06. The van der Waals surface area contributed by atoms with Crippen molar-refractivity contribution in [1.82, 2.24) is 30.3 Å². The lowest BCUT2D eigenvalue weighted by molar-refractivity contribution is 0.392. The third-order valence-electron chi connectivity index (χ3n) is 4.18. The van der Waals surface area contributed by atoms with Crippen LogP contribution in [0.2, 0.25) is 0 Å². The molecule has 3 rings (SSSR count). The summed E-state index contributed by atoms with van der Waals surface area (Å²) in [5.41, 5.74) is 3.00. The van der Waals surface area contributed by atoms with E-state index < -0.39 is 0 Å². The van der Waals surface area contributed by atoms with Gasteiger partial charge in [-0.05, 0) is 32.4 Å². The Labute approximate surface area is 175 Å². The molecule has 2 N–H and O–H groups in total. The molecule has 0 atom stereocenters. The second kappa shape index (κ2) is 9.49. The Morgan fingerprint density at radius 3 is 2.48 bits per heavy atom. The predicted octanol–water partition coefficient (Wildman–Crippen LogP) is 2.66. The van der Waals surface area contributed by atoms with Crippen LogP contribution in [0.15, 0.2) is 40.2 Å². The zero-order chi connectivity index (χ0) is 18.5. The molecular formula is C18H24IN7O. The number of aliphatic imine (C=N–C) groups is 1. The molecule has 0 aliphatic heterocycles. The SMILES string of the molecule is CN=C(NCc1ccc(-n2ccnc2C)nc1)NCc1c(C)noc1C.I. The molecule has 3 aromatic heterocycles. The minimum atomic E-state index is 0. The maximum Gasteiger partial charge on any atom is 0.191 e. The summed E-state index contributed by atoms with van der Waals surface area (Å²) >= 11 is 0. The fraction of sp³-hybridized carbons (Fsp3) is 0.333. The van der Waals surface area contributed by atoms with Crippen molar-refractivity contribution < 1.29 is 4.52 Å². The Balaban J connectivity index is 0.00000261. The fourth-order valence-corrected chi connectivity index (χ4v) is 2.62. The van der Waals surface area contributed by atoms with E-state index in [-0.39, 0.29) is 24.0 Å². The smallest absolute Gasteiger partial charge is 0.191 e. The van der Waals surface area contributed by atoms with E-state index >= 15 is 0 Å². The van der Waals surface area contributed by atoms with Gasteiger partial charge in [0.25, 0.3) is 0 Å². The first-order valence-electron chi connectivity index (χ1n) is 8.40. The molecule has 27 heavy (non-hydrogen) atoms. The van der Waals surface area contributed by atoms with Crippen molar-refractivity contribution >= 4 is 29.9 Å². The van der Waals surface area contributed by atoms with Gasteiger partial charge >= 0.3 is 0 Å². The number of nitrogens with zero attached hydrogens (tertiary/aromatic N) is 5. The van der Waals surface area contributed by atoms with Crippen molar-refractivity contribution in [3.8, 4) is 5.82 Å². The Morgan fingerprint density at radius 1 is 1.15 bits per heavy atom. The molecule has 0 aliphatic carbocycles. The highest BCUT2D eigenvalue weighted by molar-refractivity contribution is 14.0. The number of rotatable bonds is 5. The summed E-state index contributed by atoms with van der Waals surface area (Å²) < 4.78 is 7.12. The molecule has 0 fully saturated rings. The normalized spacial score (nSPS) is 11.2. The van der Waals surface area contributed by atoms with E-state index in [1.165, 1.54) is 0 Å². The van der Waals surface area contributed by atoms with Crippen LogP contribution in [0, 0.1) is 20.8 Å². The van der Waals surface area contributed by atoms with E-state index in [0.29, 0.717) is 19.0 Å². The first-order chi connectivity index (χ1) is 12.6. The minimum absolute atomic E-state index is 0. The average Bonchev–Trinajstić information content (AvgIpc) is 3.22. The van der Waals surface area contributed by atoms with Gasteiger partial charge in [0.2, 0.25) is 0 Å². The lowest BCUT2D eigenvalue weighted by Gasteiger charge is -2.12. The van der Waals surface area contributed by atoms with Gasteiger partial charge in [0.05, 0.1) is 5.69 Å². The second-order valence-electron chi connectivity index (χ2n) is 5.95. The monoisotopic (exact) mass is 481 g/mol. The standard InChI is InChI=1S/C18H23N7O.HI/c1-12-16(13(2)26-24-12)11-23-18(19-4)22-10-15-5-6-17(21-9-15)25-8-7-20-14(25)3;/h5-9H,10-11H2,1-4H3,(H2,19,22,23);1H. The van der Waals surface area contributed by atoms with E-state index in [2.05, 4.69) is 30.8 Å². The number of imidazole rings is 1. The van der Waals surface area contributed by atoms with Gasteiger partial charge < -0.3 is 15.2 Å². The number of hydrogen-bond donors (Lipinski definition) is 2. The van der Waals surface area contributed by atoms with Crippen molar-refractivity contribution in [2.75, 3.05) is 7.05 Å². The Kier molecular flexibility index (Phi) is 7.34. The molecule has 0 unspecified atom stereocenters. The molecule has 0 saturated heterocycles.